The minimum atomic E-state index is -3.33. The molecule has 1 unspecified atom stereocenters. The fourth-order valence-electron chi connectivity index (χ4n) is 1.93. The topological polar surface area (TPSA) is 46.2 Å². The maximum Gasteiger partial charge on any atom is 0.233 e. The largest absolute Gasteiger partial charge is 0.284 e. The van der Waals surface area contributed by atoms with E-state index < -0.39 is 10.0 Å². The molecule has 100 valence electrons. The predicted octanol–water partition coefficient (Wildman–Crippen LogP) is 3.23. The van der Waals surface area contributed by atoms with E-state index in [9.17, 15) is 8.42 Å². The fraction of sp³-hybridized carbons (Fsp3) is 0.200. The van der Waals surface area contributed by atoms with Gasteiger partial charge in [0.25, 0.3) is 0 Å². The van der Waals surface area contributed by atoms with Crippen molar-refractivity contribution in [1.82, 2.24) is 0 Å². The van der Waals surface area contributed by atoms with Crippen LogP contribution < -0.4 is 4.72 Å². The lowest BCUT2D eigenvalue weighted by atomic mass is 10.0. The molecule has 2 aromatic carbocycles. The van der Waals surface area contributed by atoms with Gasteiger partial charge in [0.2, 0.25) is 10.0 Å². The van der Waals surface area contributed by atoms with Crippen LogP contribution in [0.1, 0.15) is 18.4 Å². The molecule has 0 amide bonds. The Balaban J connectivity index is 2.06. The van der Waals surface area contributed by atoms with Gasteiger partial charge >= 0.3 is 0 Å². The summed E-state index contributed by atoms with van der Waals surface area (Å²) in [5.41, 5.74) is 1.63. The summed E-state index contributed by atoms with van der Waals surface area (Å²) in [4.78, 5) is 0. The summed E-state index contributed by atoms with van der Waals surface area (Å²) >= 11 is 0. The number of benzene rings is 2. The molecule has 0 aliphatic rings. The van der Waals surface area contributed by atoms with Crippen molar-refractivity contribution in [2.45, 2.75) is 12.8 Å². The van der Waals surface area contributed by atoms with Crippen LogP contribution in [0.2, 0.25) is 0 Å². The molecule has 0 bridgehead atoms. The van der Waals surface area contributed by atoms with Gasteiger partial charge < -0.3 is 0 Å². The van der Waals surface area contributed by atoms with Crippen LogP contribution in [-0.4, -0.2) is 14.2 Å². The highest BCUT2D eigenvalue weighted by Crippen LogP contribution is 2.18. The minimum Gasteiger partial charge on any atom is -0.284 e. The smallest absolute Gasteiger partial charge is 0.233 e. The molecule has 2 rings (SSSR count). The van der Waals surface area contributed by atoms with E-state index in [2.05, 4.69) is 4.72 Å². The average molecular weight is 275 g/mol. The van der Waals surface area contributed by atoms with Crippen LogP contribution in [0.3, 0.4) is 0 Å². The molecule has 4 heteroatoms. The van der Waals surface area contributed by atoms with Crippen molar-refractivity contribution in [1.29, 1.82) is 0 Å². The zero-order valence-corrected chi connectivity index (χ0v) is 11.6. The molecule has 0 aliphatic heterocycles. The summed E-state index contributed by atoms with van der Waals surface area (Å²) in [6, 6.07) is 18.6. The number of anilines is 1. The van der Waals surface area contributed by atoms with Gasteiger partial charge in [-0.25, -0.2) is 8.42 Å². The van der Waals surface area contributed by atoms with E-state index in [0.717, 1.165) is 5.56 Å². The monoisotopic (exact) mass is 275 g/mol. The second-order valence-electron chi connectivity index (χ2n) is 4.56. The third-order valence-corrected chi connectivity index (χ3v) is 4.37. The lowest BCUT2D eigenvalue weighted by Crippen LogP contribution is -2.20. The van der Waals surface area contributed by atoms with Crippen molar-refractivity contribution in [3.05, 3.63) is 66.2 Å². The molecule has 0 aliphatic carbocycles. The number of nitrogens with one attached hydrogen (secondary N) is 1. The molecular weight excluding hydrogens is 258 g/mol. The third-order valence-electron chi connectivity index (χ3n) is 2.89. The fourth-order valence-corrected chi connectivity index (χ4v) is 3.36. The lowest BCUT2D eigenvalue weighted by molar-refractivity contribution is 0.595. The summed E-state index contributed by atoms with van der Waals surface area (Å²) in [5, 5.41) is 0. The molecule has 1 atom stereocenters. The van der Waals surface area contributed by atoms with Crippen LogP contribution in [0.5, 0.6) is 0 Å². The van der Waals surface area contributed by atoms with Crippen LogP contribution in [-0.2, 0) is 10.0 Å². The Bertz CT molecular complexity index is 609. The lowest BCUT2D eigenvalue weighted by Gasteiger charge is -2.13. The van der Waals surface area contributed by atoms with Gasteiger partial charge in [0.05, 0.1) is 5.75 Å². The first-order valence-electron chi connectivity index (χ1n) is 6.17. The van der Waals surface area contributed by atoms with E-state index >= 15 is 0 Å². The summed E-state index contributed by atoms with van der Waals surface area (Å²) in [5.74, 6) is 0.0359. The van der Waals surface area contributed by atoms with Crippen LogP contribution in [0.25, 0.3) is 0 Å². The van der Waals surface area contributed by atoms with Gasteiger partial charge in [-0.1, -0.05) is 55.5 Å². The van der Waals surface area contributed by atoms with Crippen LogP contribution in [0.4, 0.5) is 5.69 Å². The second-order valence-corrected chi connectivity index (χ2v) is 6.33. The summed E-state index contributed by atoms with van der Waals surface area (Å²) < 4.78 is 26.7. The summed E-state index contributed by atoms with van der Waals surface area (Å²) in [6.45, 7) is 1.92. The first-order chi connectivity index (χ1) is 9.07. The number of hydrogen-bond acceptors (Lipinski definition) is 2. The number of para-hydroxylation sites is 1. The molecule has 3 nitrogen and oxygen atoms in total. The highest BCUT2D eigenvalue weighted by molar-refractivity contribution is 7.92. The third kappa shape index (κ3) is 4.10. The van der Waals surface area contributed by atoms with Crippen molar-refractivity contribution in [2.24, 2.45) is 0 Å². The van der Waals surface area contributed by atoms with Crippen LogP contribution >= 0.6 is 0 Å². The summed E-state index contributed by atoms with van der Waals surface area (Å²) in [7, 11) is -3.33. The standard InChI is InChI=1S/C15H17NO2S/c1-13(14-8-4-2-5-9-14)12-19(17,18)16-15-10-6-3-7-11-15/h2-11,13,16H,12H2,1H3. The van der Waals surface area contributed by atoms with Gasteiger partial charge in [0.1, 0.15) is 0 Å². The average Bonchev–Trinajstić information content (AvgIpc) is 2.39. The zero-order chi connectivity index (χ0) is 13.7. The van der Waals surface area contributed by atoms with E-state index in [1.165, 1.54) is 0 Å². The number of hydrogen-bond donors (Lipinski definition) is 1. The molecule has 0 saturated carbocycles. The summed E-state index contributed by atoms with van der Waals surface area (Å²) in [6.07, 6.45) is 0. The Kier molecular flexibility index (Phi) is 4.22. The first-order valence-corrected chi connectivity index (χ1v) is 7.82. The van der Waals surface area contributed by atoms with Crippen molar-refractivity contribution in [2.75, 3.05) is 10.5 Å². The predicted molar refractivity (Wildman–Crippen MR) is 78.7 cm³/mol. The van der Waals surface area contributed by atoms with Gasteiger partial charge in [0, 0.05) is 5.69 Å². The highest BCUT2D eigenvalue weighted by Gasteiger charge is 2.16. The Morgan fingerprint density at radius 2 is 1.47 bits per heavy atom. The van der Waals surface area contributed by atoms with Gasteiger partial charge in [-0.3, -0.25) is 4.72 Å². The van der Waals surface area contributed by atoms with E-state index in [0.29, 0.717) is 5.69 Å². The number of sulfonamides is 1. The Hall–Kier alpha value is -1.81. The Morgan fingerprint density at radius 1 is 0.947 bits per heavy atom. The molecule has 0 fully saturated rings. The molecular formula is C15H17NO2S. The molecule has 19 heavy (non-hydrogen) atoms. The minimum absolute atomic E-state index is 0.0394. The maximum atomic E-state index is 12.1. The maximum absolute atomic E-state index is 12.1. The van der Waals surface area contributed by atoms with E-state index in [1.54, 1.807) is 24.3 Å². The molecule has 1 N–H and O–H groups in total. The van der Waals surface area contributed by atoms with Crippen molar-refractivity contribution in [3.8, 4) is 0 Å². The second kappa shape index (κ2) is 5.89. The number of rotatable bonds is 5. The Morgan fingerprint density at radius 3 is 2.05 bits per heavy atom. The normalized spacial score (nSPS) is 12.9. The molecule has 0 aromatic heterocycles. The highest BCUT2D eigenvalue weighted by atomic mass is 32.2. The van der Waals surface area contributed by atoms with Gasteiger partial charge in [-0.05, 0) is 23.6 Å². The van der Waals surface area contributed by atoms with Crippen LogP contribution in [0.15, 0.2) is 60.7 Å². The van der Waals surface area contributed by atoms with Crippen LogP contribution in [0, 0.1) is 0 Å². The molecule has 0 saturated heterocycles. The van der Waals surface area contributed by atoms with Gasteiger partial charge in [-0.15, -0.1) is 0 Å². The van der Waals surface area contributed by atoms with E-state index in [4.69, 9.17) is 0 Å². The molecule has 2 aromatic rings. The molecule has 0 heterocycles. The SMILES string of the molecule is CC(CS(=O)(=O)Nc1ccccc1)c1ccccc1. The van der Waals surface area contributed by atoms with E-state index in [-0.39, 0.29) is 11.7 Å². The van der Waals surface area contributed by atoms with Crippen molar-refractivity contribution in [3.63, 3.8) is 0 Å². The molecule has 0 spiro atoms. The Labute approximate surface area is 114 Å². The first kappa shape index (κ1) is 13.6. The van der Waals surface area contributed by atoms with Crippen molar-refractivity contribution >= 4 is 15.7 Å². The van der Waals surface area contributed by atoms with E-state index in [1.807, 2.05) is 43.3 Å². The van der Waals surface area contributed by atoms with Gasteiger partial charge in [-0.2, -0.15) is 0 Å². The quantitative estimate of drug-likeness (QED) is 0.910. The molecule has 0 radical (unpaired) electrons. The zero-order valence-electron chi connectivity index (χ0n) is 10.8. The van der Waals surface area contributed by atoms with Crippen molar-refractivity contribution < 1.29 is 8.42 Å². The van der Waals surface area contributed by atoms with Gasteiger partial charge in [0.15, 0.2) is 0 Å².